The zero-order valence-electron chi connectivity index (χ0n) is 21.8. The number of benzene rings is 1. The summed E-state index contributed by atoms with van der Waals surface area (Å²) in [5.74, 6) is -0.645. The van der Waals surface area contributed by atoms with Crippen LogP contribution in [0.25, 0.3) is 0 Å². The lowest BCUT2D eigenvalue weighted by Crippen LogP contribution is -2.62. The van der Waals surface area contributed by atoms with Crippen LogP contribution in [0.4, 0.5) is 0 Å². The molecule has 2 saturated heterocycles. The average molecular weight is 473 g/mol. The fourth-order valence-electron chi connectivity index (χ4n) is 6.14. The van der Waals surface area contributed by atoms with E-state index in [0.29, 0.717) is 36.8 Å². The van der Waals surface area contributed by atoms with E-state index in [-0.39, 0.29) is 23.9 Å². The van der Waals surface area contributed by atoms with E-state index < -0.39 is 22.2 Å². The summed E-state index contributed by atoms with van der Waals surface area (Å²) in [6, 6.07) is 6.42. The van der Waals surface area contributed by atoms with Crippen molar-refractivity contribution in [3.63, 3.8) is 0 Å². The number of hydrogen-bond donors (Lipinski definition) is 2. The standard InChI is InChI=1S/C26H40N4O4/c1-23(2)13-17(14-24(3,4)29(23)33)27-21(31)19-11-9-10-12-20(19)22(32)28-18-15-25(5,6)30(34)26(7,8)16-18/h9-12,17-18H,13-16H2,1-8H3,(H,27,31)(H,28,32). The van der Waals surface area contributed by atoms with Gasteiger partial charge in [0.15, 0.2) is 0 Å². The second-order valence-electron chi connectivity index (χ2n) is 12.5. The minimum Gasteiger partial charge on any atom is -0.349 e. The minimum absolute atomic E-state index is 0.179. The second kappa shape index (κ2) is 8.90. The van der Waals surface area contributed by atoms with Crippen LogP contribution in [0.15, 0.2) is 24.3 Å². The lowest BCUT2D eigenvalue weighted by atomic mass is 9.78. The summed E-state index contributed by atoms with van der Waals surface area (Å²) in [7, 11) is 0. The quantitative estimate of drug-likeness (QED) is 0.694. The molecule has 2 N–H and O–H groups in total. The molecule has 0 saturated carbocycles. The summed E-state index contributed by atoms with van der Waals surface area (Å²) in [4.78, 5) is 26.5. The Morgan fingerprint density at radius 3 is 1.18 bits per heavy atom. The Morgan fingerprint density at radius 2 is 0.912 bits per heavy atom. The summed E-state index contributed by atoms with van der Waals surface area (Å²) in [6.45, 7) is 15.1. The molecular weight excluding hydrogens is 432 g/mol. The molecule has 0 bridgehead atoms. The molecule has 188 valence electrons. The highest BCUT2D eigenvalue weighted by atomic mass is 16.5. The van der Waals surface area contributed by atoms with Crippen LogP contribution < -0.4 is 10.6 Å². The van der Waals surface area contributed by atoms with Crippen molar-refractivity contribution in [1.82, 2.24) is 20.8 Å². The summed E-state index contributed by atoms with van der Waals surface area (Å²) < 4.78 is 0. The first-order chi connectivity index (χ1) is 15.5. The van der Waals surface area contributed by atoms with Crippen LogP contribution in [-0.2, 0) is 10.4 Å². The Bertz CT molecular complexity index is 829. The van der Waals surface area contributed by atoms with Crippen molar-refractivity contribution in [1.29, 1.82) is 0 Å². The molecule has 3 rings (SSSR count). The number of nitrogens with zero attached hydrogens (tertiary/aromatic N) is 2. The van der Waals surface area contributed by atoms with Crippen molar-refractivity contribution in [3.8, 4) is 0 Å². The zero-order valence-corrected chi connectivity index (χ0v) is 21.8. The van der Waals surface area contributed by atoms with E-state index in [1.54, 1.807) is 24.3 Å². The SMILES string of the molecule is CC1(C)CC(NC(=O)c2ccccc2C(=O)NC2CC(C)(C)N([O])C(C)(C)C2)CC(C)(C)N1[O]. The van der Waals surface area contributed by atoms with E-state index in [2.05, 4.69) is 10.6 Å². The molecule has 2 amide bonds. The molecule has 2 fully saturated rings. The normalized spacial score (nSPS) is 25.0. The molecule has 8 heteroatoms. The predicted octanol–water partition coefficient (Wildman–Crippen LogP) is 3.88. The van der Waals surface area contributed by atoms with Crippen LogP contribution in [-0.4, -0.2) is 56.2 Å². The van der Waals surface area contributed by atoms with Crippen LogP contribution in [0.5, 0.6) is 0 Å². The van der Waals surface area contributed by atoms with Gasteiger partial charge in [-0.25, -0.2) is 0 Å². The Morgan fingerprint density at radius 1 is 0.647 bits per heavy atom. The van der Waals surface area contributed by atoms with Crippen molar-refractivity contribution in [2.75, 3.05) is 0 Å². The fourth-order valence-corrected chi connectivity index (χ4v) is 6.14. The summed E-state index contributed by atoms with van der Waals surface area (Å²) in [5, 5.41) is 33.7. The lowest BCUT2D eigenvalue weighted by molar-refractivity contribution is -0.289. The maximum Gasteiger partial charge on any atom is 0.252 e. The van der Waals surface area contributed by atoms with Crippen LogP contribution in [0.3, 0.4) is 0 Å². The summed E-state index contributed by atoms with van der Waals surface area (Å²) >= 11 is 0. The van der Waals surface area contributed by atoms with Crippen molar-refractivity contribution in [2.45, 2.75) is 115 Å². The number of hydroxylamine groups is 4. The highest BCUT2D eigenvalue weighted by molar-refractivity contribution is 6.07. The fraction of sp³-hybridized carbons (Fsp3) is 0.692. The summed E-state index contributed by atoms with van der Waals surface area (Å²) in [5.41, 5.74) is -1.81. The van der Waals surface area contributed by atoms with Crippen LogP contribution in [0, 0.1) is 0 Å². The third kappa shape index (κ3) is 5.30. The molecule has 2 radical (unpaired) electrons. The molecular formula is C26H40N4O4. The van der Waals surface area contributed by atoms with E-state index in [4.69, 9.17) is 0 Å². The number of amides is 2. The van der Waals surface area contributed by atoms with Gasteiger partial charge in [-0.3, -0.25) is 9.59 Å². The smallest absolute Gasteiger partial charge is 0.252 e. The third-order valence-electron chi connectivity index (χ3n) is 7.27. The molecule has 0 unspecified atom stereocenters. The largest absolute Gasteiger partial charge is 0.349 e. The average Bonchev–Trinajstić information content (AvgIpc) is 2.69. The number of rotatable bonds is 4. The maximum absolute atomic E-state index is 13.3. The van der Waals surface area contributed by atoms with E-state index in [1.165, 1.54) is 0 Å². The topological polar surface area (TPSA) is 104 Å². The number of nitrogens with one attached hydrogen (secondary N) is 2. The first kappa shape index (κ1) is 26.6. The summed E-state index contributed by atoms with van der Waals surface area (Å²) in [6.07, 6.45) is 2.10. The van der Waals surface area contributed by atoms with E-state index in [9.17, 15) is 20.0 Å². The third-order valence-corrected chi connectivity index (χ3v) is 7.27. The van der Waals surface area contributed by atoms with Gasteiger partial charge in [0.2, 0.25) is 0 Å². The first-order valence-corrected chi connectivity index (χ1v) is 12.1. The molecule has 0 atom stereocenters. The predicted molar refractivity (Wildman–Crippen MR) is 129 cm³/mol. The van der Waals surface area contributed by atoms with E-state index >= 15 is 0 Å². The number of carbonyl (C=O) groups is 2. The maximum atomic E-state index is 13.3. The molecule has 2 aliphatic heterocycles. The molecule has 8 nitrogen and oxygen atoms in total. The van der Waals surface area contributed by atoms with Gasteiger partial charge in [-0.2, -0.15) is 0 Å². The highest BCUT2D eigenvalue weighted by Crippen LogP contribution is 2.38. The van der Waals surface area contributed by atoms with Gasteiger partial charge in [0.05, 0.1) is 11.1 Å². The molecule has 2 heterocycles. The van der Waals surface area contributed by atoms with Gasteiger partial charge >= 0.3 is 0 Å². The molecule has 0 aromatic heterocycles. The van der Waals surface area contributed by atoms with Crippen molar-refractivity contribution in [2.24, 2.45) is 0 Å². The molecule has 2 aliphatic rings. The van der Waals surface area contributed by atoms with Gasteiger partial charge in [0.25, 0.3) is 11.8 Å². The molecule has 0 spiro atoms. The first-order valence-electron chi connectivity index (χ1n) is 12.1. The number of piperidine rings is 2. The van der Waals surface area contributed by atoms with Crippen LogP contribution in [0.2, 0.25) is 0 Å². The molecule has 34 heavy (non-hydrogen) atoms. The zero-order chi connectivity index (χ0) is 25.7. The highest BCUT2D eigenvalue weighted by Gasteiger charge is 2.48. The van der Waals surface area contributed by atoms with Crippen LogP contribution >= 0.6 is 0 Å². The lowest BCUT2D eigenvalue weighted by Gasteiger charge is -2.50. The molecule has 0 aliphatic carbocycles. The van der Waals surface area contributed by atoms with Gasteiger partial charge in [-0.05, 0) is 93.2 Å². The van der Waals surface area contributed by atoms with Crippen molar-refractivity contribution in [3.05, 3.63) is 35.4 Å². The Hall–Kier alpha value is -2.00. The monoisotopic (exact) mass is 472 g/mol. The Kier molecular flexibility index (Phi) is 6.96. The van der Waals surface area contributed by atoms with E-state index in [0.717, 1.165) is 10.1 Å². The van der Waals surface area contributed by atoms with Gasteiger partial charge in [-0.1, -0.05) is 12.1 Å². The Labute approximate surface area is 203 Å². The number of carbonyl (C=O) groups excluding carboxylic acids is 2. The van der Waals surface area contributed by atoms with Crippen LogP contribution in [0.1, 0.15) is 102 Å². The minimum atomic E-state index is -0.605. The molecule has 1 aromatic rings. The van der Waals surface area contributed by atoms with Crippen molar-refractivity contribution < 1.29 is 20.0 Å². The van der Waals surface area contributed by atoms with Crippen molar-refractivity contribution >= 4 is 11.8 Å². The molecule has 1 aromatic carbocycles. The van der Waals surface area contributed by atoms with Gasteiger partial charge in [-0.15, -0.1) is 20.5 Å². The second-order valence-corrected chi connectivity index (χ2v) is 12.5. The van der Waals surface area contributed by atoms with Gasteiger partial charge in [0.1, 0.15) is 0 Å². The number of hydrogen-bond acceptors (Lipinski definition) is 4. The van der Waals surface area contributed by atoms with Gasteiger partial charge < -0.3 is 10.6 Å². The Balaban J connectivity index is 1.76. The van der Waals surface area contributed by atoms with E-state index in [1.807, 2.05) is 55.4 Å². The van der Waals surface area contributed by atoms with Gasteiger partial charge in [0, 0.05) is 34.2 Å².